The lowest BCUT2D eigenvalue weighted by Gasteiger charge is -2.37. The summed E-state index contributed by atoms with van der Waals surface area (Å²) in [6.45, 7) is 16.3. The maximum atomic E-state index is 6.25. The fourth-order valence-corrected chi connectivity index (χ4v) is 4.85. The zero-order valence-corrected chi connectivity index (χ0v) is 15.4. The molecule has 3 atom stereocenters. The second-order valence-corrected chi connectivity index (χ2v) is 15.2. The monoisotopic (exact) mass is 314 g/mol. The molecule has 0 amide bonds. The van der Waals surface area contributed by atoms with Gasteiger partial charge in [-0.3, -0.25) is 0 Å². The van der Waals surface area contributed by atoms with Crippen LogP contribution in [-0.4, -0.2) is 12.7 Å². The van der Waals surface area contributed by atoms with E-state index in [1.165, 1.54) is 0 Å². The molecule has 0 bridgehead atoms. The van der Waals surface area contributed by atoms with E-state index in [1.807, 2.05) is 0 Å². The number of rotatable bonds is 6. The van der Waals surface area contributed by atoms with Gasteiger partial charge in [-0.1, -0.05) is 71.9 Å². The van der Waals surface area contributed by atoms with Gasteiger partial charge in [-0.25, -0.2) is 0 Å². The largest absolute Gasteiger partial charge is 0.337 e. The van der Waals surface area contributed by atoms with E-state index in [4.69, 9.17) is 33.2 Å². The Balaban J connectivity index is 5.11. The topological polar surface area (TPSA) is 0 Å². The third-order valence-electron chi connectivity index (χ3n) is 4.41. The van der Waals surface area contributed by atoms with Gasteiger partial charge in [0.25, 0.3) is 0 Å². The molecule has 0 saturated carbocycles. The summed E-state index contributed by atoms with van der Waals surface area (Å²) in [6, 6.07) is -2.62. The van der Waals surface area contributed by atoms with Crippen molar-refractivity contribution in [1.82, 2.24) is 0 Å². The summed E-state index contributed by atoms with van der Waals surface area (Å²) < 4.78 is 0. The zero-order chi connectivity index (χ0) is 14.0. The third-order valence-corrected chi connectivity index (χ3v) is 8.93. The Bertz CT molecular complexity index is 214. The van der Waals surface area contributed by atoms with E-state index in [0.29, 0.717) is 30.2 Å². The Morgan fingerprint density at radius 1 is 0.706 bits per heavy atom. The highest BCUT2D eigenvalue weighted by molar-refractivity contribution is 7.66. The summed E-state index contributed by atoms with van der Waals surface area (Å²) in [4.78, 5) is 0. The molecule has 0 saturated heterocycles. The first kappa shape index (κ1) is 18.2. The summed E-state index contributed by atoms with van der Waals surface area (Å²) in [5, 5.41) is 0. The maximum Gasteiger partial charge on any atom is 0.337 e. The molecular formula is C12H26BCl3Si. The van der Waals surface area contributed by atoms with Crippen molar-refractivity contribution < 1.29 is 0 Å². The Morgan fingerprint density at radius 3 is 1.18 bits per heavy atom. The van der Waals surface area contributed by atoms with Crippen LogP contribution in [0.15, 0.2) is 0 Å². The van der Waals surface area contributed by atoms with Crippen LogP contribution in [0.3, 0.4) is 0 Å². The molecule has 0 N–H and O–H groups in total. The van der Waals surface area contributed by atoms with Crippen LogP contribution < -0.4 is 0 Å². The Labute approximate surface area is 123 Å². The Hall–Kier alpha value is 1.15. The van der Waals surface area contributed by atoms with E-state index in [0.717, 1.165) is 0 Å². The normalized spacial score (nSPS) is 18.4. The molecule has 5 heteroatoms. The van der Waals surface area contributed by atoms with Gasteiger partial charge in [0.05, 0.1) is 0 Å². The van der Waals surface area contributed by atoms with Crippen molar-refractivity contribution in [1.29, 1.82) is 0 Å². The van der Waals surface area contributed by atoms with Crippen molar-refractivity contribution in [3.8, 4) is 0 Å². The molecule has 0 heterocycles. The minimum atomic E-state index is -2.62. The second kappa shape index (κ2) is 7.07. The van der Waals surface area contributed by atoms with Crippen molar-refractivity contribution in [3.63, 3.8) is 0 Å². The highest BCUT2D eigenvalue weighted by Crippen LogP contribution is 2.46. The van der Waals surface area contributed by atoms with Crippen LogP contribution in [0, 0.1) is 11.8 Å². The van der Waals surface area contributed by atoms with Gasteiger partial charge in [0.15, 0.2) is 6.71 Å². The van der Waals surface area contributed by atoms with Crippen molar-refractivity contribution in [3.05, 3.63) is 0 Å². The molecule has 0 fully saturated rings. The number of halogens is 3. The maximum absolute atomic E-state index is 6.25. The van der Waals surface area contributed by atoms with Gasteiger partial charge in [-0.05, 0) is 5.44 Å². The van der Waals surface area contributed by atoms with Crippen molar-refractivity contribution in [2.24, 2.45) is 11.8 Å². The summed E-state index contributed by atoms with van der Waals surface area (Å²) in [5.41, 5.74) is 0.210. The minimum Gasteiger partial charge on any atom is -0.126 e. The first-order valence-corrected chi connectivity index (χ1v) is 11.7. The molecule has 0 aromatic rings. The van der Waals surface area contributed by atoms with Gasteiger partial charge in [0.1, 0.15) is 0 Å². The van der Waals surface area contributed by atoms with E-state index < -0.39 is 6.00 Å². The van der Waals surface area contributed by atoms with E-state index in [2.05, 4.69) is 48.5 Å². The van der Waals surface area contributed by atoms with Crippen LogP contribution in [-0.2, 0) is 0 Å². The van der Waals surface area contributed by atoms with Crippen LogP contribution in [0.4, 0.5) is 0 Å². The molecule has 102 valence electrons. The quantitative estimate of drug-likeness (QED) is 0.407. The highest BCUT2D eigenvalue weighted by atomic mass is 35.8. The first-order valence-electron chi connectivity index (χ1n) is 6.56. The predicted octanol–water partition coefficient (Wildman–Crippen LogP) is 6.16. The lowest BCUT2D eigenvalue weighted by atomic mass is 9.29. The average Bonchev–Trinajstić information content (AvgIpc) is 2.15. The van der Waals surface area contributed by atoms with Gasteiger partial charge >= 0.3 is 6.00 Å². The predicted molar refractivity (Wildman–Crippen MR) is 87.0 cm³/mol. The average molecular weight is 316 g/mol. The van der Waals surface area contributed by atoms with Crippen molar-refractivity contribution in [2.45, 2.75) is 65.5 Å². The minimum absolute atomic E-state index is 0.210. The number of hydrogen-bond acceptors (Lipinski definition) is 0. The molecule has 0 radical (unpaired) electrons. The number of hydrogen-bond donors (Lipinski definition) is 0. The van der Waals surface area contributed by atoms with Crippen molar-refractivity contribution in [2.75, 3.05) is 0 Å². The van der Waals surface area contributed by atoms with Crippen molar-refractivity contribution >= 4 is 46.0 Å². The molecule has 0 aliphatic rings. The van der Waals surface area contributed by atoms with Crippen LogP contribution >= 0.6 is 33.2 Å². The molecule has 0 aromatic heterocycles. The molecule has 0 spiro atoms. The van der Waals surface area contributed by atoms with Gasteiger partial charge in [-0.15, -0.1) is 33.2 Å². The summed E-state index contributed by atoms with van der Waals surface area (Å²) in [5.74, 6) is 2.44. The molecular weight excluding hydrogens is 289 g/mol. The van der Waals surface area contributed by atoms with Crippen LogP contribution in [0.5, 0.6) is 0 Å². The van der Waals surface area contributed by atoms with Gasteiger partial charge in [0.2, 0.25) is 0 Å². The fourth-order valence-electron chi connectivity index (χ4n) is 2.50. The standard InChI is InChI=1S/C12H26BCl3Si/c1-8(2)10(5)13(11(6)9(3)4)12(7)17(14,15)16/h8-12H,1-7H3. The van der Waals surface area contributed by atoms with Crippen LogP contribution in [0.25, 0.3) is 0 Å². The molecule has 0 aromatic carbocycles. The molecule has 0 nitrogen and oxygen atoms in total. The summed E-state index contributed by atoms with van der Waals surface area (Å²) in [7, 11) is 0. The molecule has 17 heavy (non-hydrogen) atoms. The fraction of sp³-hybridized carbons (Fsp3) is 1.00. The van der Waals surface area contributed by atoms with E-state index in [9.17, 15) is 0 Å². The first-order chi connectivity index (χ1) is 7.50. The van der Waals surface area contributed by atoms with Crippen LogP contribution in [0.2, 0.25) is 17.1 Å². The molecule has 0 aliphatic carbocycles. The molecule has 0 rings (SSSR count). The smallest absolute Gasteiger partial charge is 0.126 e. The van der Waals surface area contributed by atoms with Gasteiger partial charge in [0, 0.05) is 0 Å². The van der Waals surface area contributed by atoms with Gasteiger partial charge < -0.3 is 0 Å². The Kier molecular flexibility index (Phi) is 7.55. The highest BCUT2D eigenvalue weighted by Gasteiger charge is 2.46. The molecule has 3 unspecified atom stereocenters. The van der Waals surface area contributed by atoms with E-state index in [1.54, 1.807) is 0 Å². The lowest BCUT2D eigenvalue weighted by molar-refractivity contribution is 0.557. The van der Waals surface area contributed by atoms with E-state index in [-0.39, 0.29) is 5.44 Å². The summed E-state index contributed by atoms with van der Waals surface area (Å²) >= 11 is 18.7. The zero-order valence-electron chi connectivity index (χ0n) is 12.1. The summed E-state index contributed by atoms with van der Waals surface area (Å²) in [6.07, 6.45) is 0. The SMILES string of the molecule is CC(C)C(C)B(C(C)C(C)C)C(C)[Si](Cl)(Cl)Cl. The molecule has 0 aliphatic heterocycles. The lowest BCUT2D eigenvalue weighted by Crippen LogP contribution is -2.40. The third kappa shape index (κ3) is 5.34. The Morgan fingerprint density at radius 2 is 1.00 bits per heavy atom. The second-order valence-electron chi connectivity index (χ2n) is 6.11. The van der Waals surface area contributed by atoms with Gasteiger partial charge in [-0.2, -0.15) is 0 Å². The van der Waals surface area contributed by atoms with E-state index >= 15 is 0 Å². The van der Waals surface area contributed by atoms with Crippen LogP contribution in [0.1, 0.15) is 48.5 Å².